The summed E-state index contributed by atoms with van der Waals surface area (Å²) >= 11 is 11.1. The molecule has 2 rings (SSSR count). The Morgan fingerprint density at radius 2 is 2.22 bits per heavy atom. The van der Waals surface area contributed by atoms with Gasteiger partial charge in [0, 0.05) is 15.4 Å². The van der Waals surface area contributed by atoms with Crippen LogP contribution < -0.4 is 10.5 Å². The van der Waals surface area contributed by atoms with Gasteiger partial charge in [0.1, 0.15) is 5.75 Å². The van der Waals surface area contributed by atoms with E-state index in [1.807, 2.05) is 29.6 Å². The molecule has 1 heterocycles. The third kappa shape index (κ3) is 3.06. The summed E-state index contributed by atoms with van der Waals surface area (Å²) < 4.78 is 6.36. The topological polar surface area (TPSA) is 35.2 Å². The molecular formula is C13H13BrClNOS. The van der Waals surface area contributed by atoms with Crippen molar-refractivity contribution in [2.24, 2.45) is 5.73 Å². The Bertz CT molecular complexity index is 544. The van der Waals surface area contributed by atoms with E-state index in [0.717, 1.165) is 25.7 Å². The summed E-state index contributed by atoms with van der Waals surface area (Å²) in [6, 6.07) is 7.68. The normalized spacial score (nSPS) is 12.4. The lowest BCUT2D eigenvalue weighted by molar-refractivity contribution is 0.408. The third-order valence-electron chi connectivity index (χ3n) is 2.66. The maximum Gasteiger partial charge on any atom is 0.122 e. The zero-order chi connectivity index (χ0) is 13.1. The highest BCUT2D eigenvalue weighted by Gasteiger charge is 2.15. The summed E-state index contributed by atoms with van der Waals surface area (Å²) in [4.78, 5) is 1.01. The van der Waals surface area contributed by atoms with Crippen molar-refractivity contribution in [3.05, 3.63) is 49.6 Å². The molecule has 0 bridgehead atoms. The van der Waals surface area contributed by atoms with Crippen molar-refractivity contribution in [1.29, 1.82) is 0 Å². The van der Waals surface area contributed by atoms with E-state index in [1.54, 1.807) is 18.4 Å². The zero-order valence-corrected chi connectivity index (χ0v) is 13.0. The first-order valence-corrected chi connectivity index (χ1v) is 7.47. The van der Waals surface area contributed by atoms with Crippen LogP contribution in [0.25, 0.3) is 0 Å². The van der Waals surface area contributed by atoms with Gasteiger partial charge in [-0.3, -0.25) is 0 Å². The Morgan fingerprint density at radius 1 is 1.44 bits per heavy atom. The molecule has 0 saturated heterocycles. The molecule has 18 heavy (non-hydrogen) atoms. The van der Waals surface area contributed by atoms with Gasteiger partial charge in [-0.25, -0.2) is 0 Å². The monoisotopic (exact) mass is 345 g/mol. The molecule has 2 N–H and O–H groups in total. The van der Waals surface area contributed by atoms with Gasteiger partial charge in [-0.1, -0.05) is 27.5 Å². The highest BCUT2D eigenvalue weighted by atomic mass is 79.9. The molecule has 0 aliphatic rings. The lowest BCUT2D eigenvalue weighted by atomic mass is 10.0. The van der Waals surface area contributed by atoms with Crippen molar-refractivity contribution in [3.8, 4) is 5.75 Å². The van der Waals surface area contributed by atoms with Crippen LogP contribution in [0.1, 0.15) is 16.5 Å². The number of ether oxygens (including phenoxy) is 1. The van der Waals surface area contributed by atoms with Crippen LogP contribution in [0.4, 0.5) is 0 Å². The summed E-state index contributed by atoms with van der Waals surface area (Å²) in [5.41, 5.74) is 7.27. The smallest absolute Gasteiger partial charge is 0.122 e. The van der Waals surface area contributed by atoms with Crippen molar-refractivity contribution in [2.45, 2.75) is 12.5 Å². The molecule has 0 aliphatic carbocycles. The number of thiophene rings is 1. The molecule has 0 fully saturated rings. The standard InChI is InChI=1S/C13H13BrClNOS/c1-17-12-3-2-9(14)6-8(12)7-11(16)13-10(15)4-5-18-13/h2-6,11H,7,16H2,1H3. The van der Waals surface area contributed by atoms with Crippen LogP contribution in [-0.2, 0) is 6.42 Å². The highest BCUT2D eigenvalue weighted by Crippen LogP contribution is 2.32. The molecular weight excluding hydrogens is 334 g/mol. The van der Waals surface area contributed by atoms with E-state index < -0.39 is 0 Å². The quantitative estimate of drug-likeness (QED) is 0.889. The van der Waals surface area contributed by atoms with Gasteiger partial charge >= 0.3 is 0 Å². The van der Waals surface area contributed by atoms with Crippen LogP contribution in [0.15, 0.2) is 34.1 Å². The van der Waals surface area contributed by atoms with Gasteiger partial charge in [0.25, 0.3) is 0 Å². The van der Waals surface area contributed by atoms with Gasteiger partial charge in [0.05, 0.1) is 12.1 Å². The van der Waals surface area contributed by atoms with E-state index >= 15 is 0 Å². The lowest BCUT2D eigenvalue weighted by Crippen LogP contribution is -2.12. The van der Waals surface area contributed by atoms with Crippen molar-refractivity contribution in [2.75, 3.05) is 7.11 Å². The minimum absolute atomic E-state index is 0.110. The Labute approximate surface area is 124 Å². The van der Waals surface area contributed by atoms with Crippen LogP contribution in [0.5, 0.6) is 5.75 Å². The molecule has 1 aromatic heterocycles. The molecule has 1 aromatic carbocycles. The molecule has 0 saturated carbocycles. The number of hydrogen-bond acceptors (Lipinski definition) is 3. The largest absolute Gasteiger partial charge is 0.496 e. The van der Waals surface area contributed by atoms with E-state index in [0.29, 0.717) is 6.42 Å². The molecule has 2 aromatic rings. The Hall–Kier alpha value is -0.550. The Balaban J connectivity index is 2.23. The second kappa shape index (κ2) is 6.06. The molecule has 0 amide bonds. The number of nitrogens with two attached hydrogens (primary N) is 1. The van der Waals surface area contributed by atoms with Crippen molar-refractivity contribution >= 4 is 38.9 Å². The van der Waals surface area contributed by atoms with Crippen molar-refractivity contribution in [3.63, 3.8) is 0 Å². The minimum atomic E-state index is -0.110. The van der Waals surface area contributed by atoms with E-state index in [2.05, 4.69) is 15.9 Å². The maximum atomic E-state index is 6.20. The number of rotatable bonds is 4. The lowest BCUT2D eigenvalue weighted by Gasteiger charge is -2.14. The van der Waals surface area contributed by atoms with E-state index in [4.69, 9.17) is 22.1 Å². The number of hydrogen-bond donors (Lipinski definition) is 1. The highest BCUT2D eigenvalue weighted by molar-refractivity contribution is 9.10. The average Bonchev–Trinajstić information content (AvgIpc) is 2.76. The average molecular weight is 347 g/mol. The summed E-state index contributed by atoms with van der Waals surface area (Å²) in [5.74, 6) is 0.848. The molecule has 1 unspecified atom stereocenters. The summed E-state index contributed by atoms with van der Waals surface area (Å²) in [6.07, 6.45) is 0.697. The zero-order valence-electron chi connectivity index (χ0n) is 9.82. The fourth-order valence-electron chi connectivity index (χ4n) is 1.81. The van der Waals surface area contributed by atoms with E-state index in [9.17, 15) is 0 Å². The van der Waals surface area contributed by atoms with Gasteiger partial charge in [0.2, 0.25) is 0 Å². The fourth-order valence-corrected chi connectivity index (χ4v) is 3.42. The van der Waals surface area contributed by atoms with Crippen LogP contribution in [0, 0.1) is 0 Å². The van der Waals surface area contributed by atoms with E-state index in [-0.39, 0.29) is 6.04 Å². The van der Waals surface area contributed by atoms with Crippen LogP contribution >= 0.6 is 38.9 Å². The second-order valence-electron chi connectivity index (χ2n) is 3.90. The molecule has 2 nitrogen and oxygen atoms in total. The molecule has 5 heteroatoms. The first kappa shape index (κ1) is 13.9. The van der Waals surface area contributed by atoms with E-state index in [1.165, 1.54) is 0 Å². The predicted octanol–water partition coefficient (Wildman–Crippen LogP) is 4.42. The van der Waals surface area contributed by atoms with Crippen LogP contribution in [0.2, 0.25) is 5.02 Å². The van der Waals surface area contributed by atoms with Crippen molar-refractivity contribution in [1.82, 2.24) is 0 Å². The summed E-state index contributed by atoms with van der Waals surface area (Å²) in [6.45, 7) is 0. The molecule has 0 radical (unpaired) electrons. The predicted molar refractivity (Wildman–Crippen MR) is 80.7 cm³/mol. The Morgan fingerprint density at radius 3 is 2.83 bits per heavy atom. The van der Waals surface area contributed by atoms with Gasteiger partial charge in [-0.05, 0) is 41.6 Å². The second-order valence-corrected chi connectivity index (χ2v) is 6.17. The number of benzene rings is 1. The third-order valence-corrected chi connectivity index (χ3v) is 4.65. The minimum Gasteiger partial charge on any atom is -0.496 e. The van der Waals surface area contributed by atoms with Gasteiger partial charge in [-0.15, -0.1) is 11.3 Å². The number of methoxy groups -OCH3 is 1. The maximum absolute atomic E-state index is 6.20. The Kier molecular flexibility index (Phi) is 4.67. The van der Waals surface area contributed by atoms with Gasteiger partial charge in [0.15, 0.2) is 0 Å². The SMILES string of the molecule is COc1ccc(Br)cc1CC(N)c1sccc1Cl. The molecule has 96 valence electrons. The molecule has 0 aliphatic heterocycles. The van der Waals surface area contributed by atoms with Crippen LogP contribution in [0.3, 0.4) is 0 Å². The van der Waals surface area contributed by atoms with Gasteiger partial charge in [-0.2, -0.15) is 0 Å². The molecule has 1 atom stereocenters. The fraction of sp³-hybridized carbons (Fsp3) is 0.231. The first-order valence-electron chi connectivity index (χ1n) is 5.42. The molecule has 0 spiro atoms. The van der Waals surface area contributed by atoms with Crippen LogP contribution in [-0.4, -0.2) is 7.11 Å². The summed E-state index contributed by atoms with van der Waals surface area (Å²) in [7, 11) is 1.66. The summed E-state index contributed by atoms with van der Waals surface area (Å²) in [5, 5.41) is 2.69. The number of halogens is 2. The van der Waals surface area contributed by atoms with Crippen molar-refractivity contribution < 1.29 is 4.74 Å². The first-order chi connectivity index (χ1) is 8.61. The van der Waals surface area contributed by atoms with Gasteiger partial charge < -0.3 is 10.5 Å².